The van der Waals surface area contributed by atoms with Crippen molar-refractivity contribution in [2.45, 2.75) is 5.79 Å². The lowest BCUT2D eigenvalue weighted by Crippen LogP contribution is -2.50. The molecule has 4 N–H and O–H groups in total. The third kappa shape index (κ3) is 1.43. The molecule has 1 aliphatic heterocycles. The van der Waals surface area contributed by atoms with E-state index in [1.54, 1.807) is 0 Å². The molecule has 0 spiro atoms. The summed E-state index contributed by atoms with van der Waals surface area (Å²) in [6.07, 6.45) is 2.66. The molecular formula is C6H8N8O4. The first kappa shape index (κ1) is 11.7. The van der Waals surface area contributed by atoms with Crippen LogP contribution in [0.25, 0.3) is 0 Å². The molecule has 0 saturated heterocycles. The molecule has 0 bridgehead atoms. The monoisotopic (exact) mass is 256 g/mol. The molecule has 12 nitrogen and oxygen atoms in total. The number of hydrogen-bond acceptors (Lipinski definition) is 9. The van der Waals surface area contributed by atoms with Gasteiger partial charge in [0.2, 0.25) is 6.54 Å². The molecule has 0 saturated carbocycles. The molecule has 1 aromatic rings. The minimum atomic E-state index is -2.73. The van der Waals surface area contributed by atoms with Gasteiger partial charge in [-0.1, -0.05) is 0 Å². The van der Waals surface area contributed by atoms with E-state index in [1.165, 1.54) is 12.4 Å². The van der Waals surface area contributed by atoms with E-state index in [9.17, 15) is 20.2 Å². The van der Waals surface area contributed by atoms with Crippen molar-refractivity contribution in [1.82, 2.24) is 14.7 Å². The van der Waals surface area contributed by atoms with Gasteiger partial charge in [0.1, 0.15) is 9.85 Å². The van der Waals surface area contributed by atoms with Gasteiger partial charge >= 0.3 is 5.79 Å². The number of imidazole rings is 1. The topological polar surface area (TPSA) is 172 Å². The first-order valence-electron chi connectivity index (χ1n) is 4.58. The molecule has 0 aliphatic carbocycles. The molecule has 96 valence electrons. The van der Waals surface area contributed by atoms with E-state index in [2.05, 4.69) is 9.98 Å². The number of aliphatic imine (C=N–C) groups is 1. The summed E-state index contributed by atoms with van der Waals surface area (Å²) in [4.78, 5) is 26.7. The van der Waals surface area contributed by atoms with Crippen LogP contribution in [0.3, 0.4) is 0 Å². The van der Waals surface area contributed by atoms with E-state index in [0.29, 0.717) is 0 Å². The largest absolute Gasteiger partial charge is 0.581 e. The molecule has 0 fully saturated rings. The third-order valence-corrected chi connectivity index (χ3v) is 2.39. The summed E-state index contributed by atoms with van der Waals surface area (Å²) in [6, 6.07) is 0. The van der Waals surface area contributed by atoms with Gasteiger partial charge in [-0.15, -0.1) is 4.99 Å². The van der Waals surface area contributed by atoms with Crippen LogP contribution in [0, 0.1) is 20.2 Å². The Morgan fingerprint density at radius 2 is 1.94 bits per heavy atom. The van der Waals surface area contributed by atoms with E-state index in [4.69, 9.17) is 11.7 Å². The highest BCUT2D eigenvalue weighted by molar-refractivity contribution is 5.96. The average molecular weight is 256 g/mol. The summed E-state index contributed by atoms with van der Waals surface area (Å²) >= 11 is 0. The molecule has 2 rings (SSSR count). The highest BCUT2D eigenvalue weighted by atomic mass is 16.7. The maximum Gasteiger partial charge on any atom is 0.581 e. The van der Waals surface area contributed by atoms with Crippen molar-refractivity contribution in [1.29, 1.82) is 0 Å². The predicted octanol–water partition coefficient (Wildman–Crippen LogP) is -2.26. The maximum atomic E-state index is 10.8. The van der Waals surface area contributed by atoms with Crippen LogP contribution in [0.15, 0.2) is 17.4 Å². The van der Waals surface area contributed by atoms with Crippen molar-refractivity contribution >= 4 is 5.84 Å². The number of amidine groups is 1. The Hall–Kier alpha value is -2.76. The normalized spacial score (nSPS) is 17.6. The van der Waals surface area contributed by atoms with Crippen LogP contribution in [0.4, 0.5) is 0 Å². The van der Waals surface area contributed by atoms with Gasteiger partial charge in [0.05, 0.1) is 0 Å². The average Bonchev–Trinajstić information content (AvgIpc) is 2.82. The number of nitrogens with zero attached hydrogens (tertiary/aromatic N) is 6. The molecule has 0 atom stereocenters. The standard InChI is InChI=1S/C6H8N8O4/c7-11-2-1-9-4(11)5-10-6(13(15)16,14(17)18)3-12(5)8/h1-2H,3,7-8H2. The van der Waals surface area contributed by atoms with Gasteiger partial charge in [0, 0.05) is 12.4 Å². The van der Waals surface area contributed by atoms with E-state index >= 15 is 0 Å². The van der Waals surface area contributed by atoms with Crippen LogP contribution >= 0.6 is 0 Å². The summed E-state index contributed by atoms with van der Waals surface area (Å²) in [6.45, 7) is -0.699. The lowest BCUT2D eigenvalue weighted by atomic mass is 10.4. The third-order valence-electron chi connectivity index (χ3n) is 2.39. The Balaban J connectivity index is 2.53. The summed E-state index contributed by atoms with van der Waals surface area (Å²) < 4.78 is 1.01. The number of hydrazine groups is 1. The Morgan fingerprint density at radius 3 is 2.33 bits per heavy atom. The molecule has 0 radical (unpaired) electrons. The van der Waals surface area contributed by atoms with Gasteiger partial charge < -0.3 is 5.84 Å². The molecule has 12 heteroatoms. The fraction of sp³-hybridized carbons (Fsp3) is 0.333. The molecule has 0 amide bonds. The number of nitro groups is 2. The van der Waals surface area contributed by atoms with Gasteiger partial charge in [-0.2, -0.15) is 0 Å². The van der Waals surface area contributed by atoms with Crippen molar-refractivity contribution in [2.24, 2.45) is 10.8 Å². The van der Waals surface area contributed by atoms with Crippen LogP contribution in [-0.2, 0) is 0 Å². The first-order valence-corrected chi connectivity index (χ1v) is 4.58. The van der Waals surface area contributed by atoms with E-state index in [-0.39, 0.29) is 11.7 Å². The SMILES string of the molecule is NN1CC([N+](=O)[O-])([N+](=O)[O-])N=C1c1nccn1N. The summed E-state index contributed by atoms with van der Waals surface area (Å²) in [7, 11) is 0. The summed E-state index contributed by atoms with van der Waals surface area (Å²) in [5, 5.41) is 22.4. The van der Waals surface area contributed by atoms with Gasteiger partial charge in [0.25, 0.3) is 0 Å². The van der Waals surface area contributed by atoms with Gasteiger partial charge in [-0.3, -0.25) is 25.2 Å². The van der Waals surface area contributed by atoms with E-state index in [1.807, 2.05) is 0 Å². The minimum Gasteiger partial charge on any atom is -0.338 e. The molecular weight excluding hydrogens is 248 g/mol. The maximum absolute atomic E-state index is 10.8. The Kier molecular flexibility index (Phi) is 2.36. The van der Waals surface area contributed by atoms with E-state index < -0.39 is 22.2 Å². The van der Waals surface area contributed by atoms with Crippen LogP contribution in [0.5, 0.6) is 0 Å². The highest BCUT2D eigenvalue weighted by Gasteiger charge is 2.63. The molecule has 18 heavy (non-hydrogen) atoms. The number of aromatic nitrogens is 2. The molecule has 2 heterocycles. The zero-order chi connectivity index (χ0) is 13.5. The number of nitrogens with two attached hydrogens (primary N) is 2. The molecule has 0 aromatic carbocycles. The van der Waals surface area contributed by atoms with Crippen molar-refractivity contribution in [3.8, 4) is 0 Å². The summed E-state index contributed by atoms with van der Waals surface area (Å²) in [5.74, 6) is 8.01. The highest BCUT2D eigenvalue weighted by Crippen LogP contribution is 2.22. The van der Waals surface area contributed by atoms with Crippen LogP contribution in [0.2, 0.25) is 0 Å². The van der Waals surface area contributed by atoms with Gasteiger partial charge in [-0.05, 0) is 0 Å². The first-order chi connectivity index (χ1) is 8.38. The fourth-order valence-corrected chi connectivity index (χ4v) is 1.50. The predicted molar refractivity (Wildman–Crippen MR) is 56.5 cm³/mol. The second-order valence-electron chi connectivity index (χ2n) is 3.51. The van der Waals surface area contributed by atoms with Crippen molar-refractivity contribution < 1.29 is 9.85 Å². The van der Waals surface area contributed by atoms with Crippen molar-refractivity contribution in [2.75, 3.05) is 12.4 Å². The summed E-state index contributed by atoms with van der Waals surface area (Å²) in [5.41, 5.74) is 0. The van der Waals surface area contributed by atoms with Crippen molar-refractivity contribution in [3.63, 3.8) is 0 Å². The second-order valence-corrected chi connectivity index (χ2v) is 3.51. The second kappa shape index (κ2) is 3.63. The number of hydrogen-bond donors (Lipinski definition) is 2. The van der Waals surface area contributed by atoms with Gasteiger partial charge in [-0.25, -0.2) is 15.5 Å². The fourth-order valence-electron chi connectivity index (χ4n) is 1.50. The number of rotatable bonds is 3. The zero-order valence-corrected chi connectivity index (χ0v) is 8.83. The quantitative estimate of drug-likeness (QED) is 0.264. The van der Waals surface area contributed by atoms with E-state index in [0.717, 1.165) is 9.69 Å². The molecule has 1 aliphatic rings. The molecule has 1 aromatic heterocycles. The molecule has 0 unspecified atom stereocenters. The van der Waals surface area contributed by atoms with Crippen LogP contribution in [-0.4, -0.2) is 42.7 Å². The minimum absolute atomic E-state index is 0.00285. The van der Waals surface area contributed by atoms with Gasteiger partial charge in [0.15, 0.2) is 11.7 Å². The lowest BCUT2D eigenvalue weighted by Gasteiger charge is -2.11. The smallest absolute Gasteiger partial charge is 0.338 e. The van der Waals surface area contributed by atoms with Crippen LogP contribution in [0.1, 0.15) is 5.82 Å². The van der Waals surface area contributed by atoms with Crippen LogP contribution < -0.4 is 11.7 Å². The number of nitrogen functional groups attached to an aromatic ring is 1. The Labute approximate surface area is 98.7 Å². The Morgan fingerprint density at radius 1 is 1.33 bits per heavy atom. The van der Waals surface area contributed by atoms with Crippen molar-refractivity contribution in [3.05, 3.63) is 38.4 Å². The zero-order valence-electron chi connectivity index (χ0n) is 8.83. The Bertz CT molecular complexity index is 536. The lowest BCUT2D eigenvalue weighted by molar-refractivity contribution is -0.791.